The normalized spacial score (nSPS) is 17.5. The zero-order valence-corrected chi connectivity index (χ0v) is 16.7. The molecule has 2 amide bonds. The van der Waals surface area contributed by atoms with Gasteiger partial charge in [-0.3, -0.25) is 10.2 Å². The SMILES string of the molecule is COc1ccc(N2C(=O)NC(=Nc3c(C)cccc3C)C2c2ccccc2)cc1. The summed E-state index contributed by atoms with van der Waals surface area (Å²) in [4.78, 5) is 19.6. The Labute approximate surface area is 170 Å². The number of amidine groups is 1. The lowest BCUT2D eigenvalue weighted by Crippen LogP contribution is -2.29. The second kappa shape index (κ2) is 7.80. The number of rotatable bonds is 4. The highest BCUT2D eigenvalue weighted by atomic mass is 16.5. The van der Waals surface area contributed by atoms with Crippen LogP contribution >= 0.6 is 0 Å². The number of nitrogens with one attached hydrogen (secondary N) is 1. The quantitative estimate of drug-likeness (QED) is 0.661. The summed E-state index contributed by atoms with van der Waals surface area (Å²) in [6, 6.07) is 23.0. The maximum absolute atomic E-state index is 13.0. The van der Waals surface area contributed by atoms with Gasteiger partial charge in [0.25, 0.3) is 0 Å². The van der Waals surface area contributed by atoms with Gasteiger partial charge in [-0.2, -0.15) is 0 Å². The Hall–Kier alpha value is -3.60. The second-order valence-corrected chi connectivity index (χ2v) is 7.05. The molecule has 0 spiro atoms. The minimum absolute atomic E-state index is 0.200. The molecule has 3 aromatic carbocycles. The predicted molar refractivity (Wildman–Crippen MR) is 116 cm³/mol. The molecule has 1 unspecified atom stereocenters. The summed E-state index contributed by atoms with van der Waals surface area (Å²) in [5, 5.41) is 2.99. The fraction of sp³-hybridized carbons (Fsp3) is 0.167. The van der Waals surface area contributed by atoms with Crippen LogP contribution in [0, 0.1) is 13.8 Å². The van der Waals surface area contributed by atoms with Crippen molar-refractivity contribution < 1.29 is 9.53 Å². The van der Waals surface area contributed by atoms with Crippen molar-refractivity contribution in [2.75, 3.05) is 12.0 Å². The van der Waals surface area contributed by atoms with Crippen LogP contribution in [0.2, 0.25) is 0 Å². The molecule has 146 valence electrons. The molecular weight excluding hydrogens is 362 g/mol. The molecule has 1 aliphatic heterocycles. The van der Waals surface area contributed by atoms with Crippen LogP contribution in [0.3, 0.4) is 0 Å². The van der Waals surface area contributed by atoms with E-state index in [1.54, 1.807) is 12.0 Å². The van der Waals surface area contributed by atoms with Gasteiger partial charge in [0.05, 0.1) is 12.8 Å². The summed E-state index contributed by atoms with van der Waals surface area (Å²) >= 11 is 0. The molecule has 5 nitrogen and oxygen atoms in total. The van der Waals surface area contributed by atoms with Crippen molar-refractivity contribution in [3.8, 4) is 5.75 Å². The standard InChI is InChI=1S/C24H23N3O2/c1-16-8-7-9-17(2)21(16)25-23-22(18-10-5-4-6-11-18)27(24(28)26-23)19-12-14-20(29-3)15-13-19/h4-15,22H,1-3H3,(H,25,26,28). The summed E-state index contributed by atoms with van der Waals surface area (Å²) < 4.78 is 5.25. The van der Waals surface area contributed by atoms with Crippen LogP contribution in [-0.2, 0) is 0 Å². The molecule has 0 radical (unpaired) electrons. The molecule has 5 heteroatoms. The number of anilines is 1. The third kappa shape index (κ3) is 3.59. The zero-order chi connectivity index (χ0) is 20.4. The molecule has 0 aromatic heterocycles. The van der Waals surface area contributed by atoms with E-state index >= 15 is 0 Å². The Bertz CT molecular complexity index is 1040. The van der Waals surface area contributed by atoms with Crippen molar-refractivity contribution in [3.05, 3.63) is 89.5 Å². The van der Waals surface area contributed by atoms with Crippen LogP contribution in [0.25, 0.3) is 0 Å². The van der Waals surface area contributed by atoms with E-state index in [1.807, 2.05) is 86.6 Å². The van der Waals surface area contributed by atoms with Crippen molar-refractivity contribution in [2.24, 2.45) is 4.99 Å². The maximum Gasteiger partial charge on any atom is 0.328 e. The van der Waals surface area contributed by atoms with E-state index in [0.29, 0.717) is 5.84 Å². The highest BCUT2D eigenvalue weighted by molar-refractivity contribution is 6.17. The monoisotopic (exact) mass is 385 g/mol. The molecule has 1 saturated heterocycles. The molecule has 4 rings (SSSR count). The van der Waals surface area contributed by atoms with Gasteiger partial charge in [0.2, 0.25) is 0 Å². The number of nitrogens with zero attached hydrogens (tertiary/aromatic N) is 2. The molecular formula is C24H23N3O2. The third-order valence-corrected chi connectivity index (χ3v) is 5.11. The van der Waals surface area contributed by atoms with Gasteiger partial charge in [0.15, 0.2) is 0 Å². The molecule has 0 aliphatic carbocycles. The number of hydrogen-bond donors (Lipinski definition) is 1. The first-order chi connectivity index (χ1) is 14.1. The zero-order valence-electron chi connectivity index (χ0n) is 16.7. The summed E-state index contributed by atoms with van der Waals surface area (Å²) in [7, 11) is 1.62. The smallest absolute Gasteiger partial charge is 0.328 e. The fourth-order valence-electron chi connectivity index (χ4n) is 3.62. The van der Waals surface area contributed by atoms with E-state index in [4.69, 9.17) is 9.73 Å². The van der Waals surface area contributed by atoms with Gasteiger partial charge in [-0.15, -0.1) is 0 Å². The average molecular weight is 385 g/mol. The third-order valence-electron chi connectivity index (χ3n) is 5.11. The predicted octanol–water partition coefficient (Wildman–Crippen LogP) is 5.31. The van der Waals surface area contributed by atoms with Crippen molar-refractivity contribution >= 4 is 23.2 Å². The first kappa shape index (κ1) is 18.7. The number of carbonyl (C=O) groups is 1. The minimum atomic E-state index is -0.337. The van der Waals surface area contributed by atoms with E-state index in [-0.39, 0.29) is 12.1 Å². The van der Waals surface area contributed by atoms with E-state index in [2.05, 4.69) is 5.32 Å². The number of carbonyl (C=O) groups excluding carboxylic acids is 1. The van der Waals surface area contributed by atoms with Crippen molar-refractivity contribution in [3.63, 3.8) is 0 Å². The lowest BCUT2D eigenvalue weighted by atomic mass is 10.0. The second-order valence-electron chi connectivity index (χ2n) is 7.05. The van der Waals surface area contributed by atoms with E-state index < -0.39 is 0 Å². The Morgan fingerprint density at radius 3 is 2.17 bits per heavy atom. The number of aliphatic imine (C=N–C) groups is 1. The molecule has 29 heavy (non-hydrogen) atoms. The number of benzene rings is 3. The number of amides is 2. The number of methoxy groups -OCH3 is 1. The highest BCUT2D eigenvalue weighted by Crippen LogP contribution is 2.35. The van der Waals surface area contributed by atoms with E-state index in [1.165, 1.54) is 0 Å². The van der Waals surface area contributed by atoms with Crippen LogP contribution in [0.1, 0.15) is 22.7 Å². The number of ether oxygens (including phenoxy) is 1. The fourth-order valence-corrected chi connectivity index (χ4v) is 3.62. The van der Waals surface area contributed by atoms with E-state index in [0.717, 1.165) is 33.8 Å². The van der Waals surface area contributed by atoms with Gasteiger partial charge in [0, 0.05) is 5.69 Å². The number of hydrogen-bond acceptors (Lipinski definition) is 3. The summed E-state index contributed by atoms with van der Waals surface area (Å²) in [5.41, 5.74) is 4.80. The van der Waals surface area contributed by atoms with Crippen LogP contribution in [0.15, 0.2) is 77.8 Å². The summed E-state index contributed by atoms with van der Waals surface area (Å²) in [5.74, 6) is 1.36. The highest BCUT2D eigenvalue weighted by Gasteiger charge is 2.39. The summed E-state index contributed by atoms with van der Waals surface area (Å²) in [6.07, 6.45) is 0. The molecule has 0 saturated carbocycles. The van der Waals surface area contributed by atoms with E-state index in [9.17, 15) is 4.79 Å². The van der Waals surface area contributed by atoms with Crippen molar-refractivity contribution in [2.45, 2.75) is 19.9 Å². The minimum Gasteiger partial charge on any atom is -0.497 e. The van der Waals surface area contributed by atoms with Crippen LogP contribution in [0.4, 0.5) is 16.2 Å². The number of urea groups is 1. The lowest BCUT2D eigenvalue weighted by Gasteiger charge is -2.23. The largest absolute Gasteiger partial charge is 0.497 e. The molecule has 1 N–H and O–H groups in total. The van der Waals surface area contributed by atoms with Gasteiger partial charge in [-0.05, 0) is 54.8 Å². The molecule has 3 aromatic rings. The van der Waals surface area contributed by atoms with Gasteiger partial charge in [0.1, 0.15) is 17.6 Å². The van der Waals surface area contributed by atoms with Crippen molar-refractivity contribution in [1.82, 2.24) is 5.32 Å². The van der Waals surface area contributed by atoms with Crippen LogP contribution in [-0.4, -0.2) is 19.0 Å². The Morgan fingerprint density at radius 1 is 0.897 bits per heavy atom. The molecule has 1 atom stereocenters. The molecule has 1 heterocycles. The lowest BCUT2D eigenvalue weighted by molar-refractivity contribution is 0.252. The molecule has 1 aliphatic rings. The van der Waals surface area contributed by atoms with Gasteiger partial charge in [-0.25, -0.2) is 9.79 Å². The topological polar surface area (TPSA) is 53.9 Å². The maximum atomic E-state index is 13.0. The summed E-state index contributed by atoms with van der Waals surface area (Å²) in [6.45, 7) is 4.06. The first-order valence-corrected chi connectivity index (χ1v) is 9.52. The number of aryl methyl sites for hydroxylation is 2. The van der Waals surface area contributed by atoms with Crippen molar-refractivity contribution in [1.29, 1.82) is 0 Å². The number of para-hydroxylation sites is 1. The Morgan fingerprint density at radius 2 is 1.55 bits per heavy atom. The van der Waals surface area contributed by atoms with Gasteiger partial charge < -0.3 is 4.74 Å². The van der Waals surface area contributed by atoms with Crippen LogP contribution in [0.5, 0.6) is 5.75 Å². The first-order valence-electron chi connectivity index (χ1n) is 9.52. The Balaban J connectivity index is 1.84. The molecule has 0 bridgehead atoms. The van der Waals surface area contributed by atoms with Gasteiger partial charge >= 0.3 is 6.03 Å². The average Bonchev–Trinajstić information content (AvgIpc) is 3.07. The van der Waals surface area contributed by atoms with Gasteiger partial charge in [-0.1, -0.05) is 48.5 Å². The Kier molecular flexibility index (Phi) is 5.04. The molecule has 1 fully saturated rings. The van der Waals surface area contributed by atoms with Crippen LogP contribution < -0.4 is 15.0 Å².